The van der Waals surface area contributed by atoms with Gasteiger partial charge in [0.2, 0.25) is 0 Å². The van der Waals surface area contributed by atoms with Crippen LogP contribution in [-0.4, -0.2) is 20.6 Å². The number of aromatic nitrogens is 3. The Kier molecular flexibility index (Phi) is 2.04. The predicted octanol–water partition coefficient (Wildman–Crippen LogP) is 1.57. The van der Waals surface area contributed by atoms with E-state index in [0.717, 1.165) is 11.1 Å². The summed E-state index contributed by atoms with van der Waals surface area (Å²) in [6.07, 6.45) is 3.38. The number of carbonyl (C=O) groups excluding carboxylic acids is 1. The third-order valence-electron chi connectivity index (χ3n) is 2.11. The minimum Gasteiger partial charge on any atom is -0.294 e. The van der Waals surface area contributed by atoms with E-state index in [1.807, 2.05) is 19.9 Å². The van der Waals surface area contributed by atoms with Crippen LogP contribution in [0.15, 0.2) is 24.5 Å². The third kappa shape index (κ3) is 1.39. The van der Waals surface area contributed by atoms with Crippen molar-refractivity contribution in [3.8, 4) is 0 Å². The Morgan fingerprint density at radius 1 is 1.50 bits per heavy atom. The number of carbonyl (C=O) groups is 1. The average Bonchev–Trinajstić information content (AvgIpc) is 2.62. The lowest BCUT2D eigenvalue weighted by Crippen LogP contribution is -2.07. The Morgan fingerprint density at radius 3 is 3.00 bits per heavy atom. The third-order valence-corrected chi connectivity index (χ3v) is 2.11. The summed E-state index contributed by atoms with van der Waals surface area (Å²) in [6, 6.07) is 3.58. The molecule has 0 aliphatic carbocycles. The molecule has 14 heavy (non-hydrogen) atoms. The fourth-order valence-electron chi connectivity index (χ4n) is 1.32. The second kappa shape index (κ2) is 3.21. The molecular weight excluding hydrogens is 178 g/mol. The number of rotatable bonds is 2. The maximum absolute atomic E-state index is 11.7. The molecule has 0 aliphatic rings. The summed E-state index contributed by atoms with van der Waals surface area (Å²) in [5.41, 5.74) is 1.56. The standard InChI is InChI=1S/C10H11N3O/c1-7(2)10(14)8-3-4-13-9(5-8)6-11-12-13/h3-7H,1-2H3. The summed E-state index contributed by atoms with van der Waals surface area (Å²) in [6.45, 7) is 3.78. The maximum Gasteiger partial charge on any atom is 0.165 e. The molecule has 0 aromatic carbocycles. The SMILES string of the molecule is CC(C)C(=O)c1ccn2nncc2c1. The van der Waals surface area contributed by atoms with E-state index in [1.165, 1.54) is 0 Å². The smallest absolute Gasteiger partial charge is 0.165 e. The molecule has 4 nitrogen and oxygen atoms in total. The van der Waals surface area contributed by atoms with Crippen molar-refractivity contribution in [2.24, 2.45) is 5.92 Å². The molecule has 2 rings (SSSR count). The predicted molar refractivity (Wildman–Crippen MR) is 52.2 cm³/mol. The van der Waals surface area contributed by atoms with Crippen molar-refractivity contribution in [1.82, 2.24) is 14.8 Å². The van der Waals surface area contributed by atoms with Crippen LogP contribution in [0.2, 0.25) is 0 Å². The lowest BCUT2D eigenvalue weighted by atomic mass is 10.0. The van der Waals surface area contributed by atoms with Gasteiger partial charge in [-0.2, -0.15) is 0 Å². The highest BCUT2D eigenvalue weighted by Gasteiger charge is 2.10. The molecule has 4 heteroatoms. The highest BCUT2D eigenvalue weighted by Crippen LogP contribution is 2.10. The molecule has 2 aromatic heterocycles. The van der Waals surface area contributed by atoms with Gasteiger partial charge in [0.05, 0.1) is 11.7 Å². The minimum absolute atomic E-state index is 0.0216. The number of fused-ring (bicyclic) bond motifs is 1. The maximum atomic E-state index is 11.7. The van der Waals surface area contributed by atoms with Gasteiger partial charge in [0.15, 0.2) is 5.78 Å². The fraction of sp³-hybridized carbons (Fsp3) is 0.300. The molecule has 0 bridgehead atoms. The first kappa shape index (κ1) is 8.87. The van der Waals surface area contributed by atoms with Gasteiger partial charge in [0, 0.05) is 17.7 Å². The monoisotopic (exact) mass is 189 g/mol. The Bertz CT molecular complexity index is 473. The number of ketones is 1. The number of hydrogen-bond donors (Lipinski definition) is 0. The molecule has 0 saturated carbocycles. The van der Waals surface area contributed by atoms with E-state index in [1.54, 1.807) is 23.0 Å². The van der Waals surface area contributed by atoms with Crippen LogP contribution in [0.1, 0.15) is 24.2 Å². The normalized spacial score (nSPS) is 11.1. The molecule has 0 aliphatic heterocycles. The molecule has 2 aromatic rings. The van der Waals surface area contributed by atoms with Gasteiger partial charge in [-0.1, -0.05) is 19.1 Å². The summed E-state index contributed by atoms with van der Waals surface area (Å²) < 4.78 is 1.64. The van der Waals surface area contributed by atoms with E-state index >= 15 is 0 Å². The Labute approximate surface area is 81.5 Å². The van der Waals surface area contributed by atoms with Crippen LogP contribution in [0.4, 0.5) is 0 Å². The van der Waals surface area contributed by atoms with Gasteiger partial charge >= 0.3 is 0 Å². The van der Waals surface area contributed by atoms with Crippen molar-refractivity contribution in [2.75, 3.05) is 0 Å². The average molecular weight is 189 g/mol. The van der Waals surface area contributed by atoms with Crippen LogP contribution in [-0.2, 0) is 0 Å². The summed E-state index contributed by atoms with van der Waals surface area (Å²) in [7, 11) is 0. The van der Waals surface area contributed by atoms with Crippen molar-refractivity contribution in [3.05, 3.63) is 30.1 Å². The van der Waals surface area contributed by atoms with E-state index in [-0.39, 0.29) is 11.7 Å². The van der Waals surface area contributed by atoms with Gasteiger partial charge in [-0.05, 0) is 12.1 Å². The van der Waals surface area contributed by atoms with Gasteiger partial charge in [0.1, 0.15) is 0 Å². The van der Waals surface area contributed by atoms with Crippen molar-refractivity contribution < 1.29 is 4.79 Å². The van der Waals surface area contributed by atoms with E-state index in [0.29, 0.717) is 0 Å². The van der Waals surface area contributed by atoms with Crippen molar-refractivity contribution in [1.29, 1.82) is 0 Å². The number of hydrogen-bond acceptors (Lipinski definition) is 3. The van der Waals surface area contributed by atoms with Crippen LogP contribution in [0, 0.1) is 5.92 Å². The number of pyridine rings is 1. The van der Waals surface area contributed by atoms with E-state index < -0.39 is 0 Å². The minimum atomic E-state index is 0.0216. The van der Waals surface area contributed by atoms with Crippen LogP contribution in [0.3, 0.4) is 0 Å². The zero-order chi connectivity index (χ0) is 10.1. The van der Waals surface area contributed by atoms with Gasteiger partial charge < -0.3 is 0 Å². The largest absolute Gasteiger partial charge is 0.294 e. The quantitative estimate of drug-likeness (QED) is 0.673. The topological polar surface area (TPSA) is 47.3 Å². The molecular formula is C10H11N3O. The Balaban J connectivity index is 2.48. The first-order chi connectivity index (χ1) is 6.68. The van der Waals surface area contributed by atoms with Crippen molar-refractivity contribution in [2.45, 2.75) is 13.8 Å². The molecule has 0 spiro atoms. The number of nitrogens with zero attached hydrogens (tertiary/aromatic N) is 3. The Morgan fingerprint density at radius 2 is 2.29 bits per heavy atom. The zero-order valence-electron chi connectivity index (χ0n) is 8.14. The molecule has 0 atom stereocenters. The molecule has 2 heterocycles. The first-order valence-electron chi connectivity index (χ1n) is 4.53. The Hall–Kier alpha value is -1.71. The van der Waals surface area contributed by atoms with E-state index in [4.69, 9.17) is 0 Å². The van der Waals surface area contributed by atoms with Crippen LogP contribution in [0.5, 0.6) is 0 Å². The van der Waals surface area contributed by atoms with Crippen LogP contribution in [0.25, 0.3) is 5.52 Å². The van der Waals surface area contributed by atoms with Gasteiger partial charge in [-0.25, -0.2) is 4.52 Å². The van der Waals surface area contributed by atoms with Gasteiger partial charge in [-0.15, -0.1) is 5.10 Å². The van der Waals surface area contributed by atoms with E-state index in [2.05, 4.69) is 10.3 Å². The molecule has 72 valence electrons. The zero-order valence-corrected chi connectivity index (χ0v) is 8.14. The van der Waals surface area contributed by atoms with Gasteiger partial charge in [0.25, 0.3) is 0 Å². The molecule has 0 fully saturated rings. The second-order valence-corrected chi connectivity index (χ2v) is 3.54. The summed E-state index contributed by atoms with van der Waals surface area (Å²) in [5, 5.41) is 7.57. The number of Topliss-reactive ketones (excluding diaryl/α,β-unsaturated/α-hetero) is 1. The molecule has 0 amide bonds. The molecule has 0 unspecified atom stereocenters. The van der Waals surface area contributed by atoms with Crippen molar-refractivity contribution >= 4 is 11.3 Å². The lowest BCUT2D eigenvalue weighted by Gasteiger charge is -2.03. The highest BCUT2D eigenvalue weighted by molar-refractivity contribution is 5.98. The highest BCUT2D eigenvalue weighted by atomic mass is 16.1. The summed E-state index contributed by atoms with van der Waals surface area (Å²) >= 11 is 0. The first-order valence-corrected chi connectivity index (χ1v) is 4.53. The molecule has 0 N–H and O–H groups in total. The summed E-state index contributed by atoms with van der Waals surface area (Å²) in [4.78, 5) is 11.7. The summed E-state index contributed by atoms with van der Waals surface area (Å²) in [5.74, 6) is 0.169. The van der Waals surface area contributed by atoms with Crippen molar-refractivity contribution in [3.63, 3.8) is 0 Å². The van der Waals surface area contributed by atoms with Gasteiger partial charge in [-0.3, -0.25) is 4.79 Å². The fourth-order valence-corrected chi connectivity index (χ4v) is 1.32. The van der Waals surface area contributed by atoms with Crippen LogP contribution < -0.4 is 0 Å². The van der Waals surface area contributed by atoms with Crippen LogP contribution >= 0.6 is 0 Å². The van der Waals surface area contributed by atoms with E-state index in [9.17, 15) is 4.79 Å². The molecule has 0 saturated heterocycles. The molecule has 0 radical (unpaired) electrons. The lowest BCUT2D eigenvalue weighted by molar-refractivity contribution is 0.0939. The second-order valence-electron chi connectivity index (χ2n) is 3.54.